The summed E-state index contributed by atoms with van der Waals surface area (Å²) in [6, 6.07) is 0. The summed E-state index contributed by atoms with van der Waals surface area (Å²) in [6.45, 7) is 0. The zero-order valence-electron chi connectivity index (χ0n) is 7.08. The van der Waals surface area contributed by atoms with Gasteiger partial charge in [-0.25, -0.2) is 0 Å². The van der Waals surface area contributed by atoms with E-state index in [4.69, 9.17) is 10.1 Å². The molecule has 82 valence electrons. The van der Waals surface area contributed by atoms with E-state index in [9.17, 15) is 8.42 Å². The fourth-order valence-electron chi connectivity index (χ4n) is 1.01. The van der Waals surface area contributed by atoms with Gasteiger partial charge in [0.1, 0.15) is 0 Å². The first kappa shape index (κ1) is 13.1. The van der Waals surface area contributed by atoms with Crippen molar-refractivity contribution in [2.45, 2.75) is 5.25 Å². The largest absolute Gasteiger partial charge is 0.361 e. The Labute approximate surface area is 114 Å². The average molecular weight is 453 g/mol. The van der Waals surface area contributed by atoms with E-state index in [0.717, 1.165) is 0 Å². The van der Waals surface area contributed by atoms with Gasteiger partial charge in [0.2, 0.25) is 5.25 Å². The van der Waals surface area contributed by atoms with Gasteiger partial charge in [0.25, 0.3) is 10.1 Å². The van der Waals surface area contributed by atoms with Crippen LogP contribution in [0, 0.1) is 0 Å². The van der Waals surface area contributed by atoms with Crippen molar-refractivity contribution in [1.29, 1.82) is 0 Å². The Kier molecular flexibility index (Phi) is 4.29. The summed E-state index contributed by atoms with van der Waals surface area (Å²) in [5.74, 6) is 0. The average Bonchev–Trinajstić information content (AvgIpc) is 2.15. The number of nitrogens with zero attached hydrogens (tertiary/aromatic N) is 3. The van der Waals surface area contributed by atoms with Crippen LogP contribution in [0.3, 0.4) is 0 Å². The van der Waals surface area contributed by atoms with Crippen LogP contribution in [-0.2, 0) is 10.1 Å². The molecule has 0 saturated heterocycles. The van der Waals surface area contributed by atoms with Crippen molar-refractivity contribution >= 4 is 61.6 Å². The lowest BCUT2D eigenvalue weighted by molar-refractivity contribution is -0.00530. The van der Waals surface area contributed by atoms with Crippen LogP contribution in [0.2, 0.25) is 0 Å². The lowest BCUT2D eigenvalue weighted by Crippen LogP contribution is -2.30. The van der Waals surface area contributed by atoms with Gasteiger partial charge in [0.15, 0.2) is 0 Å². The minimum absolute atomic E-state index is 0.117. The van der Waals surface area contributed by atoms with Crippen LogP contribution in [0.25, 0.3) is 5.53 Å². The third-order valence-electron chi connectivity index (χ3n) is 1.66. The number of hydrogen-bond acceptors (Lipinski definition) is 3. The van der Waals surface area contributed by atoms with Gasteiger partial charge in [-0.1, -0.05) is 6.08 Å². The number of halogens is 2. The van der Waals surface area contributed by atoms with Gasteiger partial charge in [-0.05, 0) is 6.08 Å². The second kappa shape index (κ2) is 4.91. The second-order valence-electron chi connectivity index (χ2n) is 2.62. The molecule has 1 rings (SSSR count). The van der Waals surface area contributed by atoms with Crippen molar-refractivity contribution in [1.82, 2.24) is 1.33 Å². The molecule has 1 N–H and O–H groups in total. The zero-order valence-corrected chi connectivity index (χ0v) is 12.2. The van der Waals surface area contributed by atoms with E-state index < -0.39 is 15.4 Å². The van der Waals surface area contributed by atoms with Crippen LogP contribution in [0.4, 0.5) is 0 Å². The molecule has 0 aromatic rings. The standard InChI is InChI=1S/C6H5I2N3O3S/c7-11(8)4-1-2-6(15(12,13)14)5(3-4)10-9/h1-3,6H,(H,12,13,14). The lowest BCUT2D eigenvalue weighted by Gasteiger charge is -2.12. The Morgan fingerprint density at radius 1 is 1.53 bits per heavy atom. The Balaban J connectivity index is 3.17. The van der Waals surface area contributed by atoms with Gasteiger partial charge in [0, 0.05) is 6.08 Å². The van der Waals surface area contributed by atoms with E-state index in [1.165, 1.54) is 18.2 Å². The molecule has 6 nitrogen and oxygen atoms in total. The van der Waals surface area contributed by atoms with E-state index in [1.54, 1.807) is 1.33 Å². The number of hydrogen-bond donors (Lipinski definition) is 1. The van der Waals surface area contributed by atoms with Crippen molar-refractivity contribution in [3.05, 3.63) is 29.5 Å². The van der Waals surface area contributed by atoms with Crippen LogP contribution in [0.1, 0.15) is 0 Å². The molecule has 0 amide bonds. The summed E-state index contributed by atoms with van der Waals surface area (Å²) in [5.41, 5.74) is 9.17. The minimum Gasteiger partial charge on any atom is -0.361 e. The van der Waals surface area contributed by atoms with E-state index in [-0.39, 0.29) is 5.71 Å². The van der Waals surface area contributed by atoms with Crippen molar-refractivity contribution < 1.29 is 17.8 Å². The van der Waals surface area contributed by atoms with Gasteiger partial charge in [-0.3, -0.25) is 5.88 Å². The summed E-state index contributed by atoms with van der Waals surface area (Å²) >= 11 is 3.94. The topological polar surface area (TPSA) is 94.0 Å². The zero-order chi connectivity index (χ0) is 11.6. The third-order valence-corrected chi connectivity index (χ3v) is 3.82. The lowest BCUT2D eigenvalue weighted by atomic mass is 10.1. The summed E-state index contributed by atoms with van der Waals surface area (Å²) in [4.78, 5) is 2.84. The fourth-order valence-corrected chi connectivity index (χ4v) is 2.31. The first-order valence-corrected chi connectivity index (χ1v) is 6.99. The monoisotopic (exact) mass is 453 g/mol. The Morgan fingerprint density at radius 3 is 2.53 bits per heavy atom. The molecule has 0 fully saturated rings. The fraction of sp³-hybridized carbons (Fsp3) is 0.167. The van der Waals surface area contributed by atoms with Crippen LogP contribution < -0.4 is 0 Å². The molecule has 0 radical (unpaired) electrons. The Morgan fingerprint density at radius 2 is 2.13 bits per heavy atom. The molecular formula is C6H5I2N3O3S. The molecule has 0 saturated carbocycles. The van der Waals surface area contributed by atoms with E-state index >= 15 is 0 Å². The summed E-state index contributed by atoms with van der Waals surface area (Å²) in [6.07, 6.45) is 4.15. The highest BCUT2D eigenvalue weighted by molar-refractivity contribution is 14.2. The number of rotatable bonds is 2. The molecule has 0 aromatic carbocycles. The van der Waals surface area contributed by atoms with Crippen LogP contribution in [0.5, 0.6) is 0 Å². The first-order chi connectivity index (χ1) is 6.86. The smallest absolute Gasteiger partial charge is 0.318 e. The van der Waals surface area contributed by atoms with Gasteiger partial charge < -0.3 is 5.53 Å². The maximum Gasteiger partial charge on any atom is 0.318 e. The van der Waals surface area contributed by atoms with Gasteiger partial charge >= 0.3 is 5.71 Å². The van der Waals surface area contributed by atoms with Crippen molar-refractivity contribution in [2.75, 3.05) is 0 Å². The van der Waals surface area contributed by atoms with Crippen LogP contribution in [0.15, 0.2) is 23.9 Å². The van der Waals surface area contributed by atoms with E-state index in [0.29, 0.717) is 5.70 Å². The maximum absolute atomic E-state index is 10.9. The second-order valence-corrected chi connectivity index (χ2v) is 7.94. The molecule has 1 unspecified atom stereocenters. The molecular weight excluding hydrogens is 448 g/mol. The predicted molar refractivity (Wildman–Crippen MR) is 71.1 cm³/mol. The van der Waals surface area contributed by atoms with Crippen LogP contribution in [-0.4, -0.2) is 30.0 Å². The highest BCUT2D eigenvalue weighted by atomic mass is 127. The first-order valence-electron chi connectivity index (χ1n) is 3.56. The van der Waals surface area contributed by atoms with Gasteiger partial charge in [-0.2, -0.15) is 13.2 Å². The maximum atomic E-state index is 10.9. The molecule has 1 aliphatic carbocycles. The van der Waals surface area contributed by atoms with Crippen molar-refractivity contribution in [3.8, 4) is 0 Å². The van der Waals surface area contributed by atoms with Gasteiger partial charge in [0.05, 0.1) is 51.4 Å². The SMILES string of the molecule is [N-]=[N+]=C1C=C(N(I)I)C=CC1S(=O)(=O)O. The minimum atomic E-state index is -4.28. The molecule has 0 aliphatic heterocycles. The van der Waals surface area contributed by atoms with Gasteiger partial charge in [-0.15, -0.1) is 0 Å². The molecule has 0 spiro atoms. The summed E-state index contributed by atoms with van der Waals surface area (Å²) < 4.78 is 32.3. The molecule has 1 aliphatic rings. The normalized spacial score (nSPS) is 20.9. The molecule has 1 atom stereocenters. The third kappa shape index (κ3) is 3.24. The van der Waals surface area contributed by atoms with Crippen LogP contribution >= 0.6 is 45.7 Å². The molecule has 0 aromatic heterocycles. The Bertz CT molecular complexity index is 476. The highest BCUT2D eigenvalue weighted by Crippen LogP contribution is 2.22. The molecule has 15 heavy (non-hydrogen) atoms. The van der Waals surface area contributed by atoms with Crippen molar-refractivity contribution in [3.63, 3.8) is 0 Å². The van der Waals surface area contributed by atoms with E-state index in [1.807, 2.05) is 45.7 Å². The van der Waals surface area contributed by atoms with Crippen molar-refractivity contribution in [2.24, 2.45) is 0 Å². The quantitative estimate of drug-likeness (QED) is 0.225. The highest BCUT2D eigenvalue weighted by Gasteiger charge is 2.34. The molecule has 0 heterocycles. The Hall–Kier alpha value is 0.0300. The number of allylic oxidation sites excluding steroid dienone is 2. The summed E-state index contributed by atoms with van der Waals surface area (Å²) in [5, 5.41) is -1.31. The van der Waals surface area contributed by atoms with E-state index in [2.05, 4.69) is 4.79 Å². The predicted octanol–water partition coefficient (Wildman–Crippen LogP) is 1.37. The summed E-state index contributed by atoms with van der Waals surface area (Å²) in [7, 11) is -4.28. The molecule has 9 heteroatoms. The molecule has 0 bridgehead atoms.